The number of benzene rings is 1. The first-order chi connectivity index (χ1) is 6.09. The second kappa shape index (κ2) is 2.63. The monoisotopic (exact) mass is 172 g/mol. The van der Waals surface area contributed by atoms with Crippen molar-refractivity contribution in [1.82, 2.24) is 4.98 Å². The zero-order valence-corrected chi connectivity index (χ0v) is 8.31. The van der Waals surface area contributed by atoms with E-state index in [1.807, 2.05) is 6.07 Å². The predicted octanol–water partition coefficient (Wildman–Crippen LogP) is 3.27. The van der Waals surface area contributed by atoms with Gasteiger partial charge in [-0.15, -0.1) is 0 Å². The molecule has 13 heavy (non-hydrogen) atoms. The second-order valence-corrected chi connectivity index (χ2v) is 4.43. The maximum Gasteiger partial charge on any atom is 0.0630 e. The number of rotatable bonds is 0. The van der Waals surface area contributed by atoms with Gasteiger partial charge in [0.2, 0.25) is 0 Å². The number of hydrogen-bond acceptors (Lipinski definition) is 0. The molecule has 0 atom stereocenters. The van der Waals surface area contributed by atoms with Gasteiger partial charge in [-0.3, -0.25) is 0 Å². The highest BCUT2D eigenvalue weighted by Gasteiger charge is 2.16. The topological polar surface area (TPSA) is 15.8 Å². The van der Waals surface area contributed by atoms with Crippen molar-refractivity contribution in [3.8, 4) is 0 Å². The Balaban J connectivity index is 2.75. The molecule has 1 heterocycles. The lowest BCUT2D eigenvalue weighted by Crippen LogP contribution is -2.10. The Hall–Kier alpha value is -1.24. The summed E-state index contributed by atoms with van der Waals surface area (Å²) >= 11 is 0. The highest BCUT2D eigenvalue weighted by Crippen LogP contribution is 2.28. The van der Waals surface area contributed by atoms with Crippen molar-refractivity contribution >= 4 is 10.9 Å². The second-order valence-electron chi connectivity index (χ2n) is 4.43. The molecule has 1 radical (unpaired) electrons. The number of hydrogen-bond donors (Lipinski definition) is 1. The van der Waals surface area contributed by atoms with E-state index in [0.717, 1.165) is 0 Å². The van der Waals surface area contributed by atoms with Crippen LogP contribution in [0.2, 0.25) is 0 Å². The van der Waals surface area contributed by atoms with Gasteiger partial charge in [0.1, 0.15) is 0 Å². The first-order valence-corrected chi connectivity index (χ1v) is 4.57. The zero-order chi connectivity index (χ0) is 9.47. The summed E-state index contributed by atoms with van der Waals surface area (Å²) < 4.78 is 0. The van der Waals surface area contributed by atoms with Crippen LogP contribution in [0.3, 0.4) is 0 Å². The zero-order valence-electron chi connectivity index (χ0n) is 8.31. The Morgan fingerprint density at radius 3 is 2.69 bits per heavy atom. The van der Waals surface area contributed by atoms with Gasteiger partial charge in [-0.25, -0.2) is 0 Å². The molecule has 0 bridgehead atoms. The van der Waals surface area contributed by atoms with E-state index >= 15 is 0 Å². The van der Waals surface area contributed by atoms with Crippen LogP contribution in [-0.2, 0) is 5.41 Å². The quantitative estimate of drug-likeness (QED) is 0.627. The van der Waals surface area contributed by atoms with Crippen LogP contribution in [0.4, 0.5) is 0 Å². The van der Waals surface area contributed by atoms with Crippen LogP contribution in [0, 0.1) is 6.20 Å². The Morgan fingerprint density at radius 2 is 2.00 bits per heavy atom. The lowest BCUT2D eigenvalue weighted by Gasteiger charge is -2.19. The maximum atomic E-state index is 3.11. The van der Waals surface area contributed by atoms with Crippen molar-refractivity contribution < 1.29 is 0 Å². The van der Waals surface area contributed by atoms with Gasteiger partial charge >= 0.3 is 0 Å². The molecule has 0 aliphatic rings. The number of fused-ring (bicyclic) bond motifs is 1. The molecule has 1 heteroatoms. The lowest BCUT2D eigenvalue weighted by molar-refractivity contribution is 0.596. The normalized spacial score (nSPS) is 12.2. The molecule has 1 aromatic heterocycles. The number of nitrogens with one attached hydrogen (secondary N) is 1. The summed E-state index contributed by atoms with van der Waals surface area (Å²) in [5.41, 5.74) is 2.75. The maximum absolute atomic E-state index is 3.11. The molecule has 1 aromatic carbocycles. The van der Waals surface area contributed by atoms with Crippen LogP contribution < -0.4 is 0 Å². The third kappa shape index (κ3) is 1.35. The largest absolute Gasteiger partial charge is 0.353 e. The molecule has 1 nitrogen and oxygen atoms in total. The van der Waals surface area contributed by atoms with Gasteiger partial charge in [-0.2, -0.15) is 0 Å². The minimum Gasteiger partial charge on any atom is -0.353 e. The van der Waals surface area contributed by atoms with Crippen LogP contribution in [0.1, 0.15) is 26.3 Å². The molecule has 0 saturated heterocycles. The summed E-state index contributed by atoms with van der Waals surface area (Å²) in [6.45, 7) is 6.69. The van der Waals surface area contributed by atoms with E-state index in [4.69, 9.17) is 0 Å². The Kier molecular flexibility index (Phi) is 1.69. The average Bonchev–Trinajstić information content (AvgIpc) is 2.48. The van der Waals surface area contributed by atoms with E-state index in [9.17, 15) is 0 Å². The molecule has 1 N–H and O–H groups in total. The van der Waals surface area contributed by atoms with E-state index in [1.54, 1.807) is 0 Å². The van der Waals surface area contributed by atoms with Crippen molar-refractivity contribution in [3.05, 3.63) is 36.0 Å². The van der Waals surface area contributed by atoms with Gasteiger partial charge in [-0.05, 0) is 23.1 Å². The third-order valence-corrected chi connectivity index (χ3v) is 2.34. The fourth-order valence-corrected chi connectivity index (χ4v) is 1.67. The van der Waals surface area contributed by atoms with E-state index < -0.39 is 0 Å². The average molecular weight is 172 g/mol. The minimum absolute atomic E-state index is 0.204. The molecule has 0 saturated carbocycles. The van der Waals surface area contributed by atoms with Crippen LogP contribution in [0.5, 0.6) is 0 Å². The van der Waals surface area contributed by atoms with E-state index in [2.05, 4.69) is 50.2 Å². The van der Waals surface area contributed by atoms with Crippen molar-refractivity contribution in [3.63, 3.8) is 0 Å². The van der Waals surface area contributed by atoms with Crippen LogP contribution in [0.15, 0.2) is 24.3 Å². The van der Waals surface area contributed by atoms with Crippen LogP contribution >= 0.6 is 0 Å². The van der Waals surface area contributed by atoms with Crippen molar-refractivity contribution in [2.45, 2.75) is 26.2 Å². The van der Waals surface area contributed by atoms with Crippen molar-refractivity contribution in [1.29, 1.82) is 0 Å². The molecule has 67 valence electrons. The number of aromatic nitrogens is 1. The number of aromatic amines is 1. The lowest BCUT2D eigenvalue weighted by atomic mass is 9.85. The van der Waals surface area contributed by atoms with E-state index in [0.29, 0.717) is 0 Å². The molecule has 0 amide bonds. The Bertz CT molecular complexity index is 418. The molecule has 0 fully saturated rings. The van der Waals surface area contributed by atoms with Crippen molar-refractivity contribution in [2.75, 3.05) is 0 Å². The predicted molar refractivity (Wildman–Crippen MR) is 55.8 cm³/mol. The molecule has 2 rings (SSSR count). The molecular formula is C12H14N. The first-order valence-electron chi connectivity index (χ1n) is 4.57. The summed E-state index contributed by atoms with van der Waals surface area (Å²) in [6.07, 6.45) is 3.03. The summed E-state index contributed by atoms with van der Waals surface area (Å²) in [7, 11) is 0. The van der Waals surface area contributed by atoms with Gasteiger partial charge in [0.15, 0.2) is 0 Å². The fourth-order valence-electron chi connectivity index (χ4n) is 1.67. The highest BCUT2D eigenvalue weighted by molar-refractivity contribution is 5.83. The SMILES string of the molecule is CC(C)(C)c1cccc2[nH][c]cc12. The Labute approximate surface area is 78.8 Å². The van der Waals surface area contributed by atoms with Gasteiger partial charge in [0, 0.05) is 10.9 Å². The van der Waals surface area contributed by atoms with Crippen LogP contribution in [-0.4, -0.2) is 4.98 Å². The highest BCUT2D eigenvalue weighted by atomic mass is 14.7. The molecule has 2 aromatic rings. The smallest absolute Gasteiger partial charge is 0.0630 e. The molecule has 0 unspecified atom stereocenters. The molecular weight excluding hydrogens is 158 g/mol. The fraction of sp³-hybridized carbons (Fsp3) is 0.333. The summed E-state index contributed by atoms with van der Waals surface area (Å²) in [5, 5.41) is 1.29. The molecule has 0 spiro atoms. The Morgan fingerprint density at radius 1 is 1.23 bits per heavy atom. The van der Waals surface area contributed by atoms with Gasteiger partial charge in [0.05, 0.1) is 6.20 Å². The van der Waals surface area contributed by atoms with E-state index in [1.165, 1.54) is 16.5 Å². The number of H-pyrrole nitrogens is 1. The van der Waals surface area contributed by atoms with Gasteiger partial charge in [0.25, 0.3) is 0 Å². The minimum atomic E-state index is 0.204. The van der Waals surface area contributed by atoms with E-state index in [-0.39, 0.29) is 5.41 Å². The third-order valence-electron chi connectivity index (χ3n) is 2.34. The standard InChI is InChI=1S/C12H14N/c1-12(2,3)10-5-4-6-11-9(10)7-8-13-11/h4-7,13H,1-3H3. The molecule has 0 aliphatic carbocycles. The van der Waals surface area contributed by atoms with Crippen molar-refractivity contribution in [2.24, 2.45) is 0 Å². The van der Waals surface area contributed by atoms with Gasteiger partial charge in [-0.1, -0.05) is 32.9 Å². The summed E-state index contributed by atoms with van der Waals surface area (Å²) in [5.74, 6) is 0. The van der Waals surface area contributed by atoms with Crippen LogP contribution in [0.25, 0.3) is 10.9 Å². The van der Waals surface area contributed by atoms with Gasteiger partial charge < -0.3 is 4.98 Å². The summed E-state index contributed by atoms with van der Waals surface area (Å²) in [6, 6.07) is 8.38. The molecule has 0 aliphatic heterocycles. The first kappa shape index (κ1) is 8.36. The summed E-state index contributed by atoms with van der Waals surface area (Å²) in [4.78, 5) is 3.11.